The lowest BCUT2D eigenvalue weighted by molar-refractivity contribution is 0.242. The van der Waals surface area contributed by atoms with E-state index in [1.54, 1.807) is 6.92 Å². The standard InChI is InChI=1S/C11H18N4O3S2/c1-3-4-8-14-15-10(19-8)12-9(16)13-11(2)5-6-20(17,18)7-11/h3-7H2,1-2H3,(H2,12,13,15,16)/t11-/m1/s1. The first-order valence-electron chi connectivity index (χ1n) is 6.44. The second-order valence-electron chi connectivity index (χ2n) is 5.23. The van der Waals surface area contributed by atoms with Gasteiger partial charge in [0.2, 0.25) is 5.13 Å². The number of anilines is 1. The molecule has 20 heavy (non-hydrogen) atoms. The molecule has 2 amide bonds. The first kappa shape index (κ1) is 15.2. The molecule has 0 radical (unpaired) electrons. The van der Waals surface area contributed by atoms with Crippen molar-refractivity contribution in [2.75, 3.05) is 16.8 Å². The molecule has 0 bridgehead atoms. The molecule has 0 spiro atoms. The topological polar surface area (TPSA) is 101 Å². The fourth-order valence-electron chi connectivity index (χ4n) is 2.13. The molecule has 1 saturated heterocycles. The first-order valence-corrected chi connectivity index (χ1v) is 9.08. The monoisotopic (exact) mass is 318 g/mol. The third-order valence-corrected chi connectivity index (χ3v) is 5.87. The number of hydrogen-bond donors (Lipinski definition) is 2. The lowest BCUT2D eigenvalue weighted by Gasteiger charge is -2.23. The maximum absolute atomic E-state index is 11.9. The van der Waals surface area contributed by atoms with Crippen molar-refractivity contribution in [3.63, 3.8) is 0 Å². The second-order valence-corrected chi connectivity index (χ2v) is 8.48. The van der Waals surface area contributed by atoms with Crippen molar-refractivity contribution < 1.29 is 13.2 Å². The molecule has 1 aliphatic rings. The van der Waals surface area contributed by atoms with Gasteiger partial charge in [0.25, 0.3) is 0 Å². The minimum Gasteiger partial charge on any atom is -0.332 e. The molecule has 7 nitrogen and oxygen atoms in total. The van der Waals surface area contributed by atoms with E-state index in [2.05, 4.69) is 20.8 Å². The fourth-order valence-corrected chi connectivity index (χ4v) is 5.06. The zero-order valence-corrected chi connectivity index (χ0v) is 13.1. The average molecular weight is 318 g/mol. The number of aromatic nitrogens is 2. The van der Waals surface area contributed by atoms with Gasteiger partial charge in [0.15, 0.2) is 9.84 Å². The molecular weight excluding hydrogens is 300 g/mol. The summed E-state index contributed by atoms with van der Waals surface area (Å²) in [6.07, 6.45) is 2.23. The molecule has 2 N–H and O–H groups in total. The van der Waals surface area contributed by atoms with Crippen LogP contribution in [-0.2, 0) is 16.3 Å². The van der Waals surface area contributed by atoms with E-state index in [9.17, 15) is 13.2 Å². The molecule has 1 atom stereocenters. The molecule has 1 aromatic rings. The van der Waals surface area contributed by atoms with Crippen LogP contribution in [0.3, 0.4) is 0 Å². The number of aryl methyl sites for hydroxylation is 1. The van der Waals surface area contributed by atoms with Crippen LogP contribution in [0.15, 0.2) is 0 Å². The van der Waals surface area contributed by atoms with Gasteiger partial charge in [0.1, 0.15) is 5.01 Å². The van der Waals surface area contributed by atoms with Crippen LogP contribution in [0, 0.1) is 0 Å². The van der Waals surface area contributed by atoms with Gasteiger partial charge in [-0.15, -0.1) is 10.2 Å². The van der Waals surface area contributed by atoms with E-state index < -0.39 is 21.4 Å². The van der Waals surface area contributed by atoms with E-state index >= 15 is 0 Å². The van der Waals surface area contributed by atoms with E-state index in [1.807, 2.05) is 6.92 Å². The highest BCUT2D eigenvalue weighted by molar-refractivity contribution is 7.91. The maximum Gasteiger partial charge on any atom is 0.321 e. The fraction of sp³-hybridized carbons (Fsp3) is 0.727. The molecule has 0 saturated carbocycles. The number of carbonyl (C=O) groups is 1. The van der Waals surface area contributed by atoms with Gasteiger partial charge >= 0.3 is 6.03 Å². The maximum atomic E-state index is 11.9. The van der Waals surface area contributed by atoms with Crippen molar-refractivity contribution in [1.82, 2.24) is 15.5 Å². The van der Waals surface area contributed by atoms with Crippen molar-refractivity contribution in [3.8, 4) is 0 Å². The van der Waals surface area contributed by atoms with E-state index in [0.29, 0.717) is 11.6 Å². The Hall–Kier alpha value is -1.22. The van der Waals surface area contributed by atoms with Crippen LogP contribution < -0.4 is 10.6 Å². The van der Waals surface area contributed by atoms with Gasteiger partial charge in [-0.25, -0.2) is 13.2 Å². The highest BCUT2D eigenvalue weighted by Crippen LogP contribution is 2.23. The Labute approximate surface area is 122 Å². The summed E-state index contributed by atoms with van der Waals surface area (Å²) in [7, 11) is -3.04. The number of hydrogen-bond acceptors (Lipinski definition) is 6. The number of nitrogens with zero attached hydrogens (tertiary/aromatic N) is 2. The minimum atomic E-state index is -3.04. The van der Waals surface area contributed by atoms with Crippen LogP contribution in [-0.4, -0.2) is 41.7 Å². The lowest BCUT2D eigenvalue weighted by Crippen LogP contribution is -2.48. The third-order valence-electron chi connectivity index (χ3n) is 3.07. The van der Waals surface area contributed by atoms with E-state index in [0.717, 1.165) is 17.8 Å². The Balaban J connectivity index is 1.92. The van der Waals surface area contributed by atoms with Crippen molar-refractivity contribution >= 4 is 32.3 Å². The Morgan fingerprint density at radius 2 is 2.20 bits per heavy atom. The summed E-state index contributed by atoms with van der Waals surface area (Å²) in [6.45, 7) is 3.78. The van der Waals surface area contributed by atoms with Gasteiger partial charge in [-0.3, -0.25) is 5.32 Å². The zero-order valence-electron chi connectivity index (χ0n) is 11.5. The molecule has 1 aliphatic heterocycles. The van der Waals surface area contributed by atoms with Gasteiger partial charge in [-0.1, -0.05) is 18.3 Å². The highest BCUT2D eigenvalue weighted by atomic mass is 32.2. The van der Waals surface area contributed by atoms with Crippen LogP contribution in [0.2, 0.25) is 0 Å². The molecule has 112 valence electrons. The van der Waals surface area contributed by atoms with Crippen molar-refractivity contribution in [2.24, 2.45) is 0 Å². The Bertz CT molecular complexity index is 599. The summed E-state index contributed by atoms with van der Waals surface area (Å²) in [5.41, 5.74) is -0.708. The highest BCUT2D eigenvalue weighted by Gasteiger charge is 2.39. The molecule has 9 heteroatoms. The summed E-state index contributed by atoms with van der Waals surface area (Å²) in [6, 6.07) is -0.441. The summed E-state index contributed by atoms with van der Waals surface area (Å²) in [5.74, 6) is 0.0911. The second kappa shape index (κ2) is 5.65. The average Bonchev–Trinajstić information content (AvgIpc) is 2.84. The quantitative estimate of drug-likeness (QED) is 0.868. The molecule has 1 aromatic heterocycles. The smallest absolute Gasteiger partial charge is 0.321 e. The number of amides is 2. The number of sulfone groups is 1. The van der Waals surface area contributed by atoms with E-state index in [1.165, 1.54) is 11.3 Å². The summed E-state index contributed by atoms with van der Waals surface area (Å²) < 4.78 is 22.9. The van der Waals surface area contributed by atoms with E-state index in [4.69, 9.17) is 0 Å². The normalized spacial score (nSPS) is 24.5. The van der Waals surface area contributed by atoms with Crippen molar-refractivity contribution in [3.05, 3.63) is 5.01 Å². The van der Waals surface area contributed by atoms with Gasteiger partial charge in [-0.2, -0.15) is 0 Å². The molecule has 0 unspecified atom stereocenters. The van der Waals surface area contributed by atoms with Gasteiger partial charge in [0, 0.05) is 6.42 Å². The summed E-state index contributed by atoms with van der Waals surface area (Å²) in [5, 5.41) is 14.4. The molecule has 2 heterocycles. The SMILES string of the molecule is CCCc1nnc(NC(=O)N[C@]2(C)CCS(=O)(=O)C2)s1. The Morgan fingerprint density at radius 1 is 1.45 bits per heavy atom. The molecule has 0 aliphatic carbocycles. The third kappa shape index (κ3) is 3.89. The van der Waals surface area contributed by atoms with Gasteiger partial charge < -0.3 is 5.32 Å². The van der Waals surface area contributed by atoms with Crippen LogP contribution in [0.25, 0.3) is 0 Å². The van der Waals surface area contributed by atoms with Crippen molar-refractivity contribution in [1.29, 1.82) is 0 Å². The number of nitrogens with one attached hydrogen (secondary N) is 2. The molecule has 0 aromatic carbocycles. The van der Waals surface area contributed by atoms with Crippen LogP contribution >= 0.6 is 11.3 Å². The largest absolute Gasteiger partial charge is 0.332 e. The number of rotatable bonds is 4. The van der Waals surface area contributed by atoms with Gasteiger partial charge in [0.05, 0.1) is 17.0 Å². The number of urea groups is 1. The molecular formula is C11H18N4O3S2. The number of carbonyl (C=O) groups excluding carboxylic acids is 1. The molecule has 2 rings (SSSR count). The van der Waals surface area contributed by atoms with Gasteiger partial charge in [-0.05, 0) is 19.8 Å². The lowest BCUT2D eigenvalue weighted by atomic mass is 10.0. The Kier molecular flexibility index (Phi) is 4.28. The van der Waals surface area contributed by atoms with Crippen LogP contribution in [0.4, 0.5) is 9.93 Å². The predicted octanol–water partition coefficient (Wildman–Crippen LogP) is 1.19. The predicted molar refractivity (Wildman–Crippen MR) is 77.7 cm³/mol. The van der Waals surface area contributed by atoms with E-state index in [-0.39, 0.29) is 11.5 Å². The zero-order chi connectivity index (χ0) is 14.8. The van der Waals surface area contributed by atoms with Crippen LogP contribution in [0.5, 0.6) is 0 Å². The summed E-state index contributed by atoms with van der Waals surface area (Å²) in [4.78, 5) is 11.9. The molecule has 1 fully saturated rings. The van der Waals surface area contributed by atoms with Crippen LogP contribution in [0.1, 0.15) is 31.7 Å². The summed E-state index contributed by atoms with van der Waals surface area (Å²) >= 11 is 1.33. The van der Waals surface area contributed by atoms with Crippen molar-refractivity contribution in [2.45, 2.75) is 38.6 Å². The first-order chi connectivity index (χ1) is 9.32. The Morgan fingerprint density at radius 3 is 2.80 bits per heavy atom. The minimum absolute atomic E-state index is 0.0232.